The highest BCUT2D eigenvalue weighted by molar-refractivity contribution is 5.70. The molecule has 0 spiro atoms. The van der Waals surface area contributed by atoms with Gasteiger partial charge in [-0.05, 0) is 40.7 Å². The quantitative estimate of drug-likeness (QED) is 0.642. The number of nitrogen functional groups attached to an aromatic ring is 1. The second-order valence-corrected chi connectivity index (χ2v) is 7.70. The average molecular weight is 351 g/mol. The highest BCUT2D eigenvalue weighted by Gasteiger charge is 2.39. The average Bonchev–Trinajstić information content (AvgIpc) is 2.43. The molecule has 25 heavy (non-hydrogen) atoms. The fraction of sp³-hybridized carbons (Fsp3) is 0.625. The van der Waals surface area contributed by atoms with Crippen molar-refractivity contribution in [2.24, 2.45) is 0 Å². The maximum atomic E-state index is 12.4. The number of rotatable bonds is 2. The minimum atomic E-state index is -0.559. The molecule has 2 heterocycles. The highest BCUT2D eigenvalue weighted by Crippen LogP contribution is 2.29. The van der Waals surface area contributed by atoms with Crippen LogP contribution in [-0.2, 0) is 4.74 Å². The van der Waals surface area contributed by atoms with Gasteiger partial charge in [0.2, 0.25) is 5.82 Å². The van der Waals surface area contributed by atoms with Gasteiger partial charge in [0.15, 0.2) is 0 Å². The molecule has 1 aromatic heterocycles. The van der Waals surface area contributed by atoms with E-state index in [1.165, 1.54) is 6.07 Å². The van der Waals surface area contributed by atoms with Crippen molar-refractivity contribution in [1.29, 1.82) is 0 Å². The van der Waals surface area contributed by atoms with Crippen LogP contribution in [0.3, 0.4) is 0 Å². The Labute approximate surface area is 146 Å². The maximum Gasteiger partial charge on any atom is 0.410 e. The summed E-state index contributed by atoms with van der Waals surface area (Å²) in [7, 11) is 0. The Balaban J connectivity index is 2.16. The largest absolute Gasteiger partial charge is 0.444 e. The van der Waals surface area contributed by atoms with Crippen LogP contribution in [0, 0.1) is 10.1 Å². The van der Waals surface area contributed by atoms with Crippen molar-refractivity contribution in [2.75, 3.05) is 30.3 Å². The summed E-state index contributed by atoms with van der Waals surface area (Å²) in [6.07, 6.45) is -0.353. The van der Waals surface area contributed by atoms with Crippen molar-refractivity contribution < 1.29 is 14.5 Å². The number of nitrogens with two attached hydrogens (primary N) is 1. The number of hydrogen-bond acceptors (Lipinski definition) is 7. The zero-order valence-electron chi connectivity index (χ0n) is 15.3. The van der Waals surface area contributed by atoms with Crippen molar-refractivity contribution in [3.05, 3.63) is 22.2 Å². The van der Waals surface area contributed by atoms with Crippen molar-refractivity contribution in [1.82, 2.24) is 9.88 Å². The Morgan fingerprint density at radius 2 is 2.00 bits per heavy atom. The summed E-state index contributed by atoms with van der Waals surface area (Å²) < 4.78 is 5.47. The summed E-state index contributed by atoms with van der Waals surface area (Å²) in [6.45, 7) is 10.9. The molecule has 9 nitrogen and oxygen atoms in total. The van der Waals surface area contributed by atoms with Crippen LogP contribution in [0.15, 0.2) is 12.1 Å². The molecule has 0 atom stereocenters. The molecule has 0 unspecified atom stereocenters. The molecule has 2 rings (SSSR count). The van der Waals surface area contributed by atoms with Crippen LogP contribution in [0.25, 0.3) is 0 Å². The van der Waals surface area contributed by atoms with Crippen LogP contribution in [0.2, 0.25) is 0 Å². The molecular weight excluding hydrogens is 326 g/mol. The molecule has 2 N–H and O–H groups in total. The van der Waals surface area contributed by atoms with Crippen LogP contribution >= 0.6 is 0 Å². The fourth-order valence-electron chi connectivity index (χ4n) is 2.79. The van der Waals surface area contributed by atoms with Gasteiger partial charge in [0.25, 0.3) is 0 Å². The fourth-order valence-corrected chi connectivity index (χ4v) is 2.79. The standard InChI is InChI=1S/C16H25N5O4/c1-15(2,3)25-14(22)20-9-8-19(10-16(20,4)5)12-7-6-11(21(23)24)13(17)18-12/h6-7H,8-10H2,1-5H3,(H2,17,18). The van der Waals surface area contributed by atoms with Crippen LogP contribution in [-0.4, -0.2) is 51.7 Å². The number of nitro groups is 1. The Morgan fingerprint density at radius 1 is 1.36 bits per heavy atom. The lowest BCUT2D eigenvalue weighted by Gasteiger charge is -2.47. The molecule has 0 bridgehead atoms. The number of anilines is 2. The van der Waals surface area contributed by atoms with Gasteiger partial charge in [0.05, 0.1) is 10.5 Å². The van der Waals surface area contributed by atoms with Gasteiger partial charge >= 0.3 is 11.8 Å². The molecule has 1 aliphatic rings. The summed E-state index contributed by atoms with van der Waals surface area (Å²) in [5.41, 5.74) is 4.42. The van der Waals surface area contributed by atoms with Crippen LogP contribution in [0.4, 0.5) is 22.1 Å². The van der Waals surface area contributed by atoms with Crippen molar-refractivity contribution >= 4 is 23.4 Å². The van der Waals surface area contributed by atoms with E-state index in [9.17, 15) is 14.9 Å². The Bertz CT molecular complexity index is 684. The topological polar surface area (TPSA) is 115 Å². The second-order valence-electron chi connectivity index (χ2n) is 7.70. The van der Waals surface area contributed by atoms with Gasteiger partial charge in [-0.3, -0.25) is 15.0 Å². The summed E-state index contributed by atoms with van der Waals surface area (Å²) in [6, 6.07) is 2.93. The molecule has 9 heteroatoms. The molecule has 0 aliphatic carbocycles. The molecule has 1 amide bonds. The third-order valence-electron chi connectivity index (χ3n) is 3.92. The van der Waals surface area contributed by atoms with Gasteiger partial charge in [0.1, 0.15) is 11.4 Å². The number of ether oxygens (including phenoxy) is 1. The van der Waals surface area contributed by atoms with Crippen molar-refractivity contribution in [2.45, 2.75) is 45.8 Å². The number of pyridine rings is 1. The van der Waals surface area contributed by atoms with E-state index in [2.05, 4.69) is 4.98 Å². The van der Waals surface area contributed by atoms with E-state index in [-0.39, 0.29) is 17.6 Å². The third kappa shape index (κ3) is 4.28. The van der Waals surface area contributed by atoms with Gasteiger partial charge < -0.3 is 15.4 Å². The van der Waals surface area contributed by atoms with Crippen molar-refractivity contribution in [3.63, 3.8) is 0 Å². The second kappa shape index (κ2) is 6.38. The summed E-state index contributed by atoms with van der Waals surface area (Å²) >= 11 is 0. The van der Waals surface area contributed by atoms with E-state index in [0.29, 0.717) is 25.5 Å². The van der Waals surface area contributed by atoms with Gasteiger partial charge in [0, 0.05) is 25.7 Å². The van der Waals surface area contributed by atoms with Crippen molar-refractivity contribution in [3.8, 4) is 0 Å². The predicted octanol–water partition coefficient (Wildman–Crippen LogP) is 2.41. The normalized spacial score (nSPS) is 17.3. The number of carbonyl (C=O) groups excluding carboxylic acids is 1. The van der Waals surface area contributed by atoms with E-state index in [0.717, 1.165) is 0 Å². The molecule has 1 fully saturated rings. The van der Waals surface area contributed by atoms with Gasteiger partial charge in [-0.1, -0.05) is 0 Å². The van der Waals surface area contributed by atoms with Crippen LogP contribution < -0.4 is 10.6 Å². The molecule has 0 saturated carbocycles. The Morgan fingerprint density at radius 3 is 2.48 bits per heavy atom. The van der Waals surface area contributed by atoms with Gasteiger partial charge in [-0.15, -0.1) is 0 Å². The van der Waals surface area contributed by atoms with Crippen LogP contribution in [0.5, 0.6) is 0 Å². The number of amides is 1. The number of aromatic nitrogens is 1. The molecule has 0 aromatic carbocycles. The lowest BCUT2D eigenvalue weighted by atomic mass is 9.99. The Hall–Kier alpha value is -2.58. The van der Waals surface area contributed by atoms with Gasteiger partial charge in [-0.25, -0.2) is 9.78 Å². The minimum Gasteiger partial charge on any atom is -0.444 e. The van der Waals surface area contributed by atoms with E-state index in [1.54, 1.807) is 11.0 Å². The summed E-state index contributed by atoms with van der Waals surface area (Å²) in [4.78, 5) is 30.5. The first-order valence-corrected chi connectivity index (χ1v) is 8.07. The lowest BCUT2D eigenvalue weighted by Crippen LogP contribution is -2.62. The maximum absolute atomic E-state index is 12.4. The van der Waals surface area contributed by atoms with E-state index in [1.807, 2.05) is 39.5 Å². The molecule has 1 aromatic rings. The number of carbonyl (C=O) groups is 1. The highest BCUT2D eigenvalue weighted by atomic mass is 16.6. The lowest BCUT2D eigenvalue weighted by molar-refractivity contribution is -0.384. The van der Waals surface area contributed by atoms with Gasteiger partial charge in [-0.2, -0.15) is 0 Å². The number of hydrogen-bond donors (Lipinski definition) is 1. The zero-order valence-corrected chi connectivity index (χ0v) is 15.3. The molecular formula is C16H25N5O4. The Kier molecular flexibility index (Phi) is 4.79. The van der Waals surface area contributed by atoms with E-state index >= 15 is 0 Å². The molecule has 0 radical (unpaired) electrons. The first-order chi connectivity index (χ1) is 11.4. The number of nitrogens with zero attached hydrogens (tertiary/aromatic N) is 4. The summed E-state index contributed by atoms with van der Waals surface area (Å²) in [5.74, 6) is 0.440. The number of piperazine rings is 1. The molecule has 1 aliphatic heterocycles. The SMILES string of the molecule is CC(C)(C)OC(=O)N1CCN(c2ccc([N+](=O)[O-])c(N)n2)CC1(C)C. The third-order valence-corrected chi connectivity index (χ3v) is 3.92. The summed E-state index contributed by atoms with van der Waals surface area (Å²) in [5, 5.41) is 10.9. The first kappa shape index (κ1) is 18.8. The first-order valence-electron chi connectivity index (χ1n) is 8.07. The van der Waals surface area contributed by atoms with E-state index in [4.69, 9.17) is 10.5 Å². The zero-order chi connectivity index (χ0) is 19.0. The monoisotopic (exact) mass is 351 g/mol. The van der Waals surface area contributed by atoms with Crippen LogP contribution in [0.1, 0.15) is 34.6 Å². The minimum absolute atomic E-state index is 0.116. The molecule has 1 saturated heterocycles. The van der Waals surface area contributed by atoms with E-state index < -0.39 is 16.1 Å². The smallest absolute Gasteiger partial charge is 0.410 e. The predicted molar refractivity (Wildman–Crippen MR) is 94.5 cm³/mol. The molecule has 138 valence electrons.